The highest BCUT2D eigenvalue weighted by Gasteiger charge is 2.14. The van der Waals surface area contributed by atoms with Gasteiger partial charge in [0.05, 0.1) is 0 Å². The molecule has 1 aliphatic rings. The van der Waals surface area contributed by atoms with Crippen LogP contribution in [0.2, 0.25) is 0 Å². The first kappa shape index (κ1) is 14.4. The molecule has 0 saturated carbocycles. The molecule has 0 spiro atoms. The summed E-state index contributed by atoms with van der Waals surface area (Å²) in [6, 6.07) is 9.55. The molecule has 1 heterocycles. The summed E-state index contributed by atoms with van der Waals surface area (Å²) in [5.74, 6) is 0. The average molecular weight is 260 g/mol. The lowest BCUT2D eigenvalue weighted by Gasteiger charge is -2.31. The third-order valence-electron chi connectivity index (χ3n) is 4.26. The average Bonchev–Trinajstić information content (AvgIpc) is 2.49. The molecule has 0 unspecified atom stereocenters. The van der Waals surface area contributed by atoms with Crippen LogP contribution in [0.15, 0.2) is 24.3 Å². The van der Waals surface area contributed by atoms with Gasteiger partial charge in [-0.1, -0.05) is 32.0 Å². The second-order valence-electron chi connectivity index (χ2n) is 5.57. The van der Waals surface area contributed by atoms with Crippen LogP contribution in [0.25, 0.3) is 0 Å². The van der Waals surface area contributed by atoms with E-state index in [1.807, 2.05) is 0 Å². The molecule has 1 fully saturated rings. The molecule has 2 nitrogen and oxygen atoms in total. The summed E-state index contributed by atoms with van der Waals surface area (Å²) >= 11 is 0. The number of benzene rings is 1. The SMILES string of the molecule is CCC(CC)NCc1ccccc1N1CCCCC1. The molecule has 1 N–H and O–H groups in total. The fraction of sp³-hybridized carbons (Fsp3) is 0.647. The van der Waals surface area contributed by atoms with Gasteiger partial charge >= 0.3 is 0 Å². The van der Waals surface area contributed by atoms with Crippen molar-refractivity contribution in [2.75, 3.05) is 18.0 Å². The molecule has 0 aromatic heterocycles. The zero-order chi connectivity index (χ0) is 13.5. The first-order chi connectivity index (χ1) is 9.35. The molecule has 0 atom stereocenters. The van der Waals surface area contributed by atoms with E-state index in [-0.39, 0.29) is 0 Å². The van der Waals surface area contributed by atoms with Gasteiger partial charge < -0.3 is 10.2 Å². The van der Waals surface area contributed by atoms with Crippen LogP contribution >= 0.6 is 0 Å². The van der Waals surface area contributed by atoms with Gasteiger partial charge in [0.2, 0.25) is 0 Å². The smallest absolute Gasteiger partial charge is 0.0411 e. The molecule has 0 bridgehead atoms. The van der Waals surface area contributed by atoms with Crippen LogP contribution in [0.3, 0.4) is 0 Å². The summed E-state index contributed by atoms with van der Waals surface area (Å²) in [5, 5.41) is 3.69. The maximum absolute atomic E-state index is 3.69. The fourth-order valence-electron chi connectivity index (χ4n) is 2.94. The van der Waals surface area contributed by atoms with E-state index in [1.54, 1.807) is 0 Å². The van der Waals surface area contributed by atoms with Gasteiger partial charge in [0, 0.05) is 31.4 Å². The third-order valence-corrected chi connectivity index (χ3v) is 4.26. The van der Waals surface area contributed by atoms with Gasteiger partial charge in [0.15, 0.2) is 0 Å². The Morgan fingerprint density at radius 3 is 2.42 bits per heavy atom. The largest absolute Gasteiger partial charge is 0.371 e. The molecule has 1 aromatic rings. The highest BCUT2D eigenvalue weighted by atomic mass is 15.1. The van der Waals surface area contributed by atoms with E-state index in [2.05, 4.69) is 48.3 Å². The van der Waals surface area contributed by atoms with Crippen LogP contribution in [0.4, 0.5) is 5.69 Å². The molecule has 0 amide bonds. The van der Waals surface area contributed by atoms with E-state index < -0.39 is 0 Å². The minimum absolute atomic E-state index is 0.648. The van der Waals surface area contributed by atoms with Gasteiger partial charge in [-0.3, -0.25) is 0 Å². The summed E-state index contributed by atoms with van der Waals surface area (Å²) in [7, 11) is 0. The van der Waals surface area contributed by atoms with E-state index in [4.69, 9.17) is 0 Å². The minimum atomic E-state index is 0.648. The Bertz CT molecular complexity index is 365. The summed E-state index contributed by atoms with van der Waals surface area (Å²) in [6.45, 7) is 7.97. The molecule has 2 heteroatoms. The standard InChI is InChI=1S/C17H28N2/c1-3-16(4-2)18-14-15-10-6-7-11-17(15)19-12-8-5-9-13-19/h6-7,10-11,16,18H,3-5,8-9,12-14H2,1-2H3. The van der Waals surface area contributed by atoms with Crippen molar-refractivity contribution in [1.29, 1.82) is 0 Å². The van der Waals surface area contributed by atoms with E-state index in [9.17, 15) is 0 Å². The minimum Gasteiger partial charge on any atom is -0.371 e. The Balaban J connectivity index is 2.03. The Morgan fingerprint density at radius 2 is 1.74 bits per heavy atom. The van der Waals surface area contributed by atoms with Gasteiger partial charge in [-0.2, -0.15) is 0 Å². The zero-order valence-electron chi connectivity index (χ0n) is 12.5. The number of piperidine rings is 1. The van der Waals surface area contributed by atoms with Gasteiger partial charge in [-0.25, -0.2) is 0 Å². The molecule has 0 radical (unpaired) electrons. The molecular weight excluding hydrogens is 232 g/mol. The predicted molar refractivity (Wildman–Crippen MR) is 83.7 cm³/mol. The molecule has 106 valence electrons. The van der Waals surface area contributed by atoms with Gasteiger partial charge in [-0.15, -0.1) is 0 Å². The second-order valence-corrected chi connectivity index (χ2v) is 5.57. The number of nitrogens with zero attached hydrogens (tertiary/aromatic N) is 1. The van der Waals surface area contributed by atoms with Crippen molar-refractivity contribution >= 4 is 5.69 Å². The fourth-order valence-corrected chi connectivity index (χ4v) is 2.94. The van der Waals surface area contributed by atoms with E-state index in [0.29, 0.717) is 6.04 Å². The van der Waals surface area contributed by atoms with E-state index in [1.165, 1.54) is 56.4 Å². The zero-order valence-corrected chi connectivity index (χ0v) is 12.5. The molecule has 1 saturated heterocycles. The van der Waals surface area contributed by atoms with Gasteiger partial charge in [0.1, 0.15) is 0 Å². The van der Waals surface area contributed by atoms with Crippen LogP contribution < -0.4 is 10.2 Å². The lowest BCUT2D eigenvalue weighted by atomic mass is 10.1. The number of anilines is 1. The van der Waals surface area contributed by atoms with Crippen molar-refractivity contribution in [3.63, 3.8) is 0 Å². The Kier molecular flexibility index (Phi) is 5.71. The van der Waals surface area contributed by atoms with Crippen molar-refractivity contribution in [3.05, 3.63) is 29.8 Å². The monoisotopic (exact) mass is 260 g/mol. The molecule has 19 heavy (non-hydrogen) atoms. The van der Waals surface area contributed by atoms with Gasteiger partial charge in [-0.05, 0) is 43.7 Å². The third kappa shape index (κ3) is 3.97. The summed E-state index contributed by atoms with van der Waals surface area (Å²) < 4.78 is 0. The normalized spacial score (nSPS) is 16.1. The second kappa shape index (κ2) is 7.54. The van der Waals surface area contributed by atoms with Gasteiger partial charge in [0.25, 0.3) is 0 Å². The predicted octanol–water partition coefficient (Wildman–Crippen LogP) is 3.96. The maximum atomic E-state index is 3.69. The van der Waals surface area contributed by atoms with Crippen molar-refractivity contribution < 1.29 is 0 Å². The Hall–Kier alpha value is -1.02. The van der Waals surface area contributed by atoms with Crippen LogP contribution in [-0.2, 0) is 6.54 Å². The van der Waals surface area contributed by atoms with Crippen LogP contribution in [-0.4, -0.2) is 19.1 Å². The number of rotatable bonds is 6. The van der Waals surface area contributed by atoms with Crippen LogP contribution in [0.1, 0.15) is 51.5 Å². The number of hydrogen-bond acceptors (Lipinski definition) is 2. The van der Waals surface area contributed by atoms with Crippen molar-refractivity contribution in [2.45, 2.75) is 58.5 Å². The maximum Gasteiger partial charge on any atom is 0.0411 e. The van der Waals surface area contributed by atoms with E-state index in [0.717, 1.165) is 6.54 Å². The van der Waals surface area contributed by atoms with E-state index >= 15 is 0 Å². The highest BCUT2D eigenvalue weighted by Crippen LogP contribution is 2.24. The molecule has 1 aliphatic heterocycles. The quantitative estimate of drug-likeness (QED) is 0.833. The van der Waals surface area contributed by atoms with Crippen molar-refractivity contribution in [1.82, 2.24) is 5.32 Å². The van der Waals surface area contributed by atoms with Crippen molar-refractivity contribution in [3.8, 4) is 0 Å². The summed E-state index contributed by atoms with van der Waals surface area (Å²) in [4.78, 5) is 2.56. The van der Waals surface area contributed by atoms with Crippen LogP contribution in [0, 0.1) is 0 Å². The summed E-state index contributed by atoms with van der Waals surface area (Å²) in [6.07, 6.45) is 6.50. The first-order valence-electron chi connectivity index (χ1n) is 7.91. The lowest BCUT2D eigenvalue weighted by molar-refractivity contribution is 0.483. The number of para-hydroxylation sites is 1. The highest BCUT2D eigenvalue weighted by molar-refractivity contribution is 5.53. The molecular formula is C17H28N2. The molecule has 1 aromatic carbocycles. The van der Waals surface area contributed by atoms with Crippen LogP contribution in [0.5, 0.6) is 0 Å². The van der Waals surface area contributed by atoms with Crippen molar-refractivity contribution in [2.24, 2.45) is 0 Å². The summed E-state index contributed by atoms with van der Waals surface area (Å²) in [5.41, 5.74) is 2.90. The number of nitrogens with one attached hydrogen (secondary N) is 1. The lowest BCUT2D eigenvalue weighted by Crippen LogP contribution is -2.32. The molecule has 0 aliphatic carbocycles. The Labute approximate surface area is 118 Å². The Morgan fingerprint density at radius 1 is 1.05 bits per heavy atom. The first-order valence-corrected chi connectivity index (χ1v) is 7.91. The number of hydrogen-bond donors (Lipinski definition) is 1. The molecule has 2 rings (SSSR count). The topological polar surface area (TPSA) is 15.3 Å².